The van der Waals surface area contributed by atoms with Crippen LogP contribution in [0.4, 0.5) is 0 Å². The summed E-state index contributed by atoms with van der Waals surface area (Å²) in [5, 5.41) is 6.71. The van der Waals surface area contributed by atoms with E-state index in [0.29, 0.717) is 36.7 Å². The first-order valence-corrected chi connectivity index (χ1v) is 9.05. The second-order valence-corrected chi connectivity index (χ2v) is 6.53. The predicted octanol–water partition coefficient (Wildman–Crippen LogP) is 2.26. The fraction of sp³-hybridized carbons (Fsp3) is 0.250. The molecule has 142 valence electrons. The van der Waals surface area contributed by atoms with Gasteiger partial charge in [0.1, 0.15) is 6.04 Å². The lowest BCUT2D eigenvalue weighted by Gasteiger charge is -2.21. The van der Waals surface area contributed by atoms with Gasteiger partial charge in [-0.15, -0.1) is 0 Å². The van der Waals surface area contributed by atoms with Crippen molar-refractivity contribution in [1.82, 2.24) is 25.3 Å². The van der Waals surface area contributed by atoms with Gasteiger partial charge in [0.15, 0.2) is 5.82 Å². The number of carbonyl (C=O) groups is 2. The van der Waals surface area contributed by atoms with Crippen LogP contribution in [0.2, 0.25) is 0 Å². The van der Waals surface area contributed by atoms with Crippen LogP contribution in [-0.2, 0) is 17.9 Å². The zero-order chi connectivity index (χ0) is 19.3. The third-order valence-corrected chi connectivity index (χ3v) is 4.64. The van der Waals surface area contributed by atoms with Crippen molar-refractivity contribution in [3.05, 3.63) is 77.7 Å². The van der Waals surface area contributed by atoms with Gasteiger partial charge in [0, 0.05) is 30.9 Å². The van der Waals surface area contributed by atoms with Gasteiger partial charge in [-0.1, -0.05) is 23.4 Å². The molecule has 2 amide bonds. The molecule has 1 atom stereocenters. The van der Waals surface area contributed by atoms with E-state index >= 15 is 0 Å². The molecule has 0 saturated carbocycles. The Morgan fingerprint density at radius 2 is 1.96 bits per heavy atom. The number of rotatable bonds is 6. The smallest absolute Gasteiger partial charge is 0.251 e. The van der Waals surface area contributed by atoms with Gasteiger partial charge in [0.2, 0.25) is 11.8 Å². The van der Waals surface area contributed by atoms with E-state index in [-0.39, 0.29) is 24.4 Å². The maximum atomic E-state index is 12.3. The Labute approximate surface area is 161 Å². The molecule has 28 heavy (non-hydrogen) atoms. The fourth-order valence-electron chi connectivity index (χ4n) is 3.20. The molecule has 8 nitrogen and oxygen atoms in total. The highest BCUT2D eigenvalue weighted by Crippen LogP contribution is 2.33. The van der Waals surface area contributed by atoms with Gasteiger partial charge >= 0.3 is 0 Å². The number of benzene rings is 1. The number of aromatic nitrogens is 3. The van der Waals surface area contributed by atoms with E-state index in [0.717, 1.165) is 5.56 Å². The first-order chi connectivity index (χ1) is 13.7. The van der Waals surface area contributed by atoms with Crippen LogP contribution in [0.3, 0.4) is 0 Å². The summed E-state index contributed by atoms with van der Waals surface area (Å²) in [6.45, 7) is 0.622. The molecule has 1 saturated heterocycles. The third kappa shape index (κ3) is 3.90. The maximum absolute atomic E-state index is 12.3. The summed E-state index contributed by atoms with van der Waals surface area (Å²) >= 11 is 0. The molecule has 0 aliphatic carbocycles. The van der Waals surface area contributed by atoms with Crippen molar-refractivity contribution in [2.45, 2.75) is 32.0 Å². The summed E-state index contributed by atoms with van der Waals surface area (Å²) in [4.78, 5) is 34.6. The first kappa shape index (κ1) is 17.8. The van der Waals surface area contributed by atoms with Crippen molar-refractivity contribution in [2.75, 3.05) is 0 Å². The van der Waals surface area contributed by atoms with Gasteiger partial charge in [0.05, 0.1) is 6.54 Å². The zero-order valence-electron chi connectivity index (χ0n) is 15.1. The standard InChI is InChI=1S/C20H19N5O3/c26-18-7-6-16(25(18)13-14-8-10-21-11-9-14)20-23-17(24-28-20)12-22-19(27)15-4-2-1-3-5-15/h1-5,8-11,16H,6-7,12-13H2,(H,22,27)/t16-/m0/s1. The average molecular weight is 377 g/mol. The number of pyridine rings is 1. The van der Waals surface area contributed by atoms with Crippen molar-refractivity contribution in [1.29, 1.82) is 0 Å². The molecule has 1 aliphatic rings. The molecule has 1 fully saturated rings. The lowest BCUT2D eigenvalue weighted by Crippen LogP contribution is -2.27. The molecule has 4 rings (SSSR count). The summed E-state index contributed by atoms with van der Waals surface area (Å²) in [5.41, 5.74) is 1.56. The normalized spacial score (nSPS) is 16.4. The predicted molar refractivity (Wildman–Crippen MR) is 98.7 cm³/mol. The number of likely N-dealkylation sites (tertiary alicyclic amines) is 1. The molecule has 1 N–H and O–H groups in total. The lowest BCUT2D eigenvalue weighted by atomic mass is 10.2. The molecule has 1 aromatic carbocycles. The number of nitrogens with one attached hydrogen (secondary N) is 1. The molecule has 0 bridgehead atoms. The van der Waals surface area contributed by atoms with Crippen LogP contribution in [0.25, 0.3) is 0 Å². The Kier molecular flexibility index (Phi) is 5.09. The van der Waals surface area contributed by atoms with E-state index in [9.17, 15) is 9.59 Å². The van der Waals surface area contributed by atoms with Crippen LogP contribution < -0.4 is 5.32 Å². The molecule has 3 heterocycles. The molecule has 3 aromatic rings. The van der Waals surface area contributed by atoms with E-state index in [4.69, 9.17) is 4.52 Å². The minimum Gasteiger partial charge on any atom is -0.345 e. The van der Waals surface area contributed by atoms with Gasteiger partial charge in [0.25, 0.3) is 5.91 Å². The van der Waals surface area contributed by atoms with E-state index in [2.05, 4.69) is 20.4 Å². The first-order valence-electron chi connectivity index (χ1n) is 9.05. The van der Waals surface area contributed by atoms with Crippen molar-refractivity contribution >= 4 is 11.8 Å². The van der Waals surface area contributed by atoms with E-state index in [1.165, 1.54) is 0 Å². The second kappa shape index (κ2) is 7.99. The van der Waals surface area contributed by atoms with Gasteiger partial charge in [-0.05, 0) is 36.2 Å². The monoisotopic (exact) mass is 377 g/mol. The third-order valence-electron chi connectivity index (χ3n) is 4.64. The average Bonchev–Trinajstić information content (AvgIpc) is 3.35. The Morgan fingerprint density at radius 1 is 1.18 bits per heavy atom. The summed E-state index contributed by atoms with van der Waals surface area (Å²) in [6.07, 6.45) is 4.47. The Balaban J connectivity index is 1.41. The van der Waals surface area contributed by atoms with Gasteiger partial charge < -0.3 is 14.7 Å². The molecule has 0 radical (unpaired) electrons. The quantitative estimate of drug-likeness (QED) is 0.707. The van der Waals surface area contributed by atoms with E-state index in [1.807, 2.05) is 18.2 Å². The second-order valence-electron chi connectivity index (χ2n) is 6.53. The summed E-state index contributed by atoms with van der Waals surface area (Å²) in [6, 6.07) is 12.4. The number of amides is 2. The number of hydrogen-bond donors (Lipinski definition) is 1. The number of carbonyl (C=O) groups excluding carboxylic acids is 2. The number of nitrogens with zero attached hydrogens (tertiary/aromatic N) is 4. The largest absolute Gasteiger partial charge is 0.345 e. The van der Waals surface area contributed by atoms with Crippen LogP contribution in [0.15, 0.2) is 59.4 Å². The van der Waals surface area contributed by atoms with Crippen LogP contribution in [0, 0.1) is 0 Å². The SMILES string of the molecule is O=C(NCc1noc([C@@H]2CCC(=O)N2Cc2ccncc2)n1)c1ccccc1. The molecule has 0 spiro atoms. The van der Waals surface area contributed by atoms with Crippen molar-refractivity contribution in [2.24, 2.45) is 0 Å². The van der Waals surface area contributed by atoms with Crippen molar-refractivity contribution in [3.63, 3.8) is 0 Å². The molecule has 2 aromatic heterocycles. The summed E-state index contributed by atoms with van der Waals surface area (Å²) in [7, 11) is 0. The summed E-state index contributed by atoms with van der Waals surface area (Å²) < 4.78 is 5.38. The zero-order valence-corrected chi connectivity index (χ0v) is 15.1. The van der Waals surface area contributed by atoms with Crippen LogP contribution in [0.1, 0.15) is 46.5 Å². The molecular weight excluding hydrogens is 358 g/mol. The van der Waals surface area contributed by atoms with Gasteiger partial charge in [-0.2, -0.15) is 4.98 Å². The van der Waals surface area contributed by atoms with E-state index in [1.54, 1.807) is 41.6 Å². The van der Waals surface area contributed by atoms with Crippen molar-refractivity contribution in [3.8, 4) is 0 Å². The minimum absolute atomic E-state index is 0.0546. The van der Waals surface area contributed by atoms with Gasteiger partial charge in [-0.3, -0.25) is 14.6 Å². The Hall–Kier alpha value is -3.55. The number of hydrogen-bond acceptors (Lipinski definition) is 6. The highest BCUT2D eigenvalue weighted by atomic mass is 16.5. The Bertz CT molecular complexity index is 958. The summed E-state index contributed by atoms with van der Waals surface area (Å²) in [5.74, 6) is 0.618. The lowest BCUT2D eigenvalue weighted by molar-refractivity contribution is -0.130. The molecule has 8 heteroatoms. The Morgan fingerprint density at radius 3 is 2.75 bits per heavy atom. The van der Waals surface area contributed by atoms with Crippen LogP contribution in [-0.4, -0.2) is 31.8 Å². The van der Waals surface area contributed by atoms with Crippen molar-refractivity contribution < 1.29 is 14.1 Å². The van der Waals surface area contributed by atoms with Crippen LogP contribution >= 0.6 is 0 Å². The maximum Gasteiger partial charge on any atom is 0.251 e. The van der Waals surface area contributed by atoms with Gasteiger partial charge in [-0.25, -0.2) is 0 Å². The van der Waals surface area contributed by atoms with E-state index < -0.39 is 0 Å². The minimum atomic E-state index is -0.258. The topological polar surface area (TPSA) is 101 Å². The highest BCUT2D eigenvalue weighted by Gasteiger charge is 2.35. The van der Waals surface area contributed by atoms with Crippen LogP contribution in [0.5, 0.6) is 0 Å². The molecule has 1 aliphatic heterocycles. The fourth-order valence-corrected chi connectivity index (χ4v) is 3.20. The molecule has 0 unspecified atom stereocenters. The molecular formula is C20H19N5O3. The highest BCUT2D eigenvalue weighted by molar-refractivity contribution is 5.93.